The van der Waals surface area contributed by atoms with Crippen LogP contribution in [0.5, 0.6) is 17.2 Å². The second kappa shape index (κ2) is 8.93. The Morgan fingerprint density at radius 2 is 1.62 bits per heavy atom. The zero-order chi connectivity index (χ0) is 18.3. The summed E-state index contributed by atoms with van der Waals surface area (Å²) in [5.74, 6) is 5.99. The lowest BCUT2D eigenvalue weighted by Crippen LogP contribution is -2.12. The van der Waals surface area contributed by atoms with E-state index in [0.29, 0.717) is 5.75 Å². The lowest BCUT2D eigenvalue weighted by molar-refractivity contribution is -0.143. The number of rotatable bonds is 4. The molecule has 0 atom stereocenters. The fourth-order valence-corrected chi connectivity index (χ4v) is 2.32. The van der Waals surface area contributed by atoms with E-state index in [2.05, 4.69) is 4.84 Å². The molecule has 5 heteroatoms. The number of carbonyl (C=O) groups excluding carboxylic acids is 1. The van der Waals surface area contributed by atoms with Crippen molar-refractivity contribution in [3.8, 4) is 17.2 Å². The molecule has 0 bridgehead atoms. The number of hydrogen-bond donors (Lipinski definition) is 2. The monoisotopic (exact) mass is 331 g/mol. The third-order valence-electron chi connectivity index (χ3n) is 3.39. The lowest BCUT2D eigenvalue weighted by atomic mass is 10.0. The molecule has 0 unspecified atom stereocenters. The Labute approximate surface area is 143 Å². The number of phenols is 1. The number of ether oxygens (including phenoxy) is 1. The van der Waals surface area contributed by atoms with Gasteiger partial charge in [0.2, 0.25) is 0 Å². The smallest absolute Gasteiger partial charge is 0.328 e. The first-order valence-electron chi connectivity index (χ1n) is 7.88. The standard InChI is InChI=1S/C17H19NO4.C2H6/c1-10-8-14(4-5-15(10)19)21-17-11(2)6-13(7-12(17)3)9-16(20)22-18;1-2/h4-8,19H,9,18H2,1-3H3;1-2H3. The zero-order valence-corrected chi connectivity index (χ0v) is 14.8. The summed E-state index contributed by atoms with van der Waals surface area (Å²) in [6, 6.07) is 8.81. The number of phenolic OH excluding ortho intramolecular Hbond substituents is 1. The van der Waals surface area contributed by atoms with Gasteiger partial charge >= 0.3 is 5.97 Å². The molecular formula is C19H25NO4. The van der Waals surface area contributed by atoms with E-state index < -0.39 is 5.97 Å². The van der Waals surface area contributed by atoms with Crippen LogP contribution in [-0.4, -0.2) is 11.1 Å². The van der Waals surface area contributed by atoms with Crippen LogP contribution in [0.3, 0.4) is 0 Å². The summed E-state index contributed by atoms with van der Waals surface area (Å²) in [7, 11) is 0. The van der Waals surface area contributed by atoms with Gasteiger partial charge in [-0.1, -0.05) is 26.0 Å². The number of aromatic hydroxyl groups is 1. The first-order chi connectivity index (χ1) is 11.4. The van der Waals surface area contributed by atoms with Gasteiger partial charge in [0.25, 0.3) is 0 Å². The third-order valence-corrected chi connectivity index (χ3v) is 3.39. The van der Waals surface area contributed by atoms with Crippen molar-refractivity contribution in [3.63, 3.8) is 0 Å². The van der Waals surface area contributed by atoms with E-state index in [0.717, 1.165) is 28.0 Å². The van der Waals surface area contributed by atoms with Crippen molar-refractivity contribution in [2.45, 2.75) is 41.0 Å². The quantitative estimate of drug-likeness (QED) is 0.824. The molecule has 2 aromatic carbocycles. The van der Waals surface area contributed by atoms with Crippen molar-refractivity contribution in [1.82, 2.24) is 0 Å². The van der Waals surface area contributed by atoms with Gasteiger partial charge in [-0.3, -0.25) is 4.79 Å². The van der Waals surface area contributed by atoms with E-state index in [9.17, 15) is 9.90 Å². The molecule has 0 heterocycles. The topological polar surface area (TPSA) is 81.8 Å². The predicted molar refractivity (Wildman–Crippen MR) is 94.2 cm³/mol. The second-order valence-corrected chi connectivity index (χ2v) is 5.28. The summed E-state index contributed by atoms with van der Waals surface area (Å²) in [6.45, 7) is 9.63. The minimum atomic E-state index is -0.485. The van der Waals surface area contributed by atoms with Crippen LogP contribution in [0.2, 0.25) is 0 Å². The van der Waals surface area contributed by atoms with Crippen molar-refractivity contribution < 1.29 is 19.5 Å². The lowest BCUT2D eigenvalue weighted by Gasteiger charge is -2.14. The average Bonchev–Trinajstić information content (AvgIpc) is 2.56. The van der Waals surface area contributed by atoms with Gasteiger partial charge in [0.05, 0.1) is 6.42 Å². The maximum Gasteiger partial charge on any atom is 0.328 e. The number of carbonyl (C=O) groups is 1. The van der Waals surface area contributed by atoms with Crippen LogP contribution in [0.4, 0.5) is 0 Å². The summed E-state index contributed by atoms with van der Waals surface area (Å²) in [4.78, 5) is 15.4. The van der Waals surface area contributed by atoms with Crippen molar-refractivity contribution in [2.75, 3.05) is 0 Å². The van der Waals surface area contributed by atoms with Crippen LogP contribution in [0.1, 0.15) is 36.1 Å². The predicted octanol–water partition coefficient (Wildman–Crippen LogP) is 4.10. The number of aryl methyl sites for hydroxylation is 3. The van der Waals surface area contributed by atoms with E-state index in [1.165, 1.54) is 0 Å². The second-order valence-electron chi connectivity index (χ2n) is 5.28. The Bertz CT molecular complexity index is 688. The molecule has 0 fully saturated rings. The van der Waals surface area contributed by atoms with Gasteiger partial charge in [0.15, 0.2) is 0 Å². The van der Waals surface area contributed by atoms with Gasteiger partial charge in [-0.05, 0) is 61.2 Å². The number of hydrogen-bond acceptors (Lipinski definition) is 5. The molecule has 0 radical (unpaired) electrons. The largest absolute Gasteiger partial charge is 0.508 e. The van der Waals surface area contributed by atoms with Crippen molar-refractivity contribution in [3.05, 3.63) is 52.6 Å². The molecule has 0 spiro atoms. The van der Waals surface area contributed by atoms with Crippen LogP contribution in [-0.2, 0) is 16.1 Å². The van der Waals surface area contributed by atoms with E-state index in [1.54, 1.807) is 18.2 Å². The van der Waals surface area contributed by atoms with E-state index in [1.807, 2.05) is 46.8 Å². The Balaban J connectivity index is 0.00000139. The Morgan fingerprint density at radius 1 is 1.04 bits per heavy atom. The molecule has 0 aliphatic rings. The van der Waals surface area contributed by atoms with Crippen LogP contribution < -0.4 is 10.6 Å². The molecule has 5 nitrogen and oxygen atoms in total. The van der Waals surface area contributed by atoms with E-state index in [-0.39, 0.29) is 12.2 Å². The Hall–Kier alpha value is -2.53. The third kappa shape index (κ3) is 4.99. The summed E-state index contributed by atoms with van der Waals surface area (Å²) < 4.78 is 5.91. The van der Waals surface area contributed by atoms with Gasteiger partial charge < -0.3 is 14.7 Å². The summed E-state index contributed by atoms with van der Waals surface area (Å²) in [5.41, 5.74) is 3.38. The molecule has 24 heavy (non-hydrogen) atoms. The normalized spacial score (nSPS) is 9.75. The maximum absolute atomic E-state index is 11.2. The summed E-state index contributed by atoms with van der Waals surface area (Å²) in [6.07, 6.45) is 0.122. The Morgan fingerprint density at radius 3 is 2.12 bits per heavy atom. The average molecular weight is 331 g/mol. The highest BCUT2D eigenvalue weighted by molar-refractivity contribution is 5.72. The fraction of sp³-hybridized carbons (Fsp3) is 0.316. The molecule has 0 saturated heterocycles. The summed E-state index contributed by atoms with van der Waals surface area (Å²) >= 11 is 0. The van der Waals surface area contributed by atoms with Gasteiger partial charge in [0, 0.05) is 0 Å². The highest BCUT2D eigenvalue weighted by Crippen LogP contribution is 2.32. The van der Waals surface area contributed by atoms with Gasteiger partial charge in [-0.2, -0.15) is 5.90 Å². The molecule has 3 N–H and O–H groups in total. The molecule has 0 aliphatic carbocycles. The Kier molecular flexibility index (Phi) is 7.27. The zero-order valence-electron chi connectivity index (χ0n) is 14.8. The van der Waals surface area contributed by atoms with Crippen molar-refractivity contribution >= 4 is 5.97 Å². The first kappa shape index (κ1) is 19.5. The summed E-state index contributed by atoms with van der Waals surface area (Å²) in [5, 5.41) is 9.55. The molecular weight excluding hydrogens is 306 g/mol. The SMILES string of the molecule is CC.Cc1cc(Oc2c(C)cc(CC(=O)ON)cc2C)ccc1O. The fourth-order valence-electron chi connectivity index (χ4n) is 2.32. The molecule has 0 aliphatic heterocycles. The molecule has 2 rings (SSSR count). The van der Waals surface area contributed by atoms with Crippen LogP contribution in [0, 0.1) is 20.8 Å². The highest BCUT2D eigenvalue weighted by Gasteiger charge is 2.11. The molecule has 0 amide bonds. The van der Waals surface area contributed by atoms with Gasteiger partial charge in [-0.15, -0.1) is 0 Å². The van der Waals surface area contributed by atoms with Gasteiger partial charge in [0.1, 0.15) is 17.2 Å². The van der Waals surface area contributed by atoms with Crippen LogP contribution in [0.25, 0.3) is 0 Å². The molecule has 0 saturated carbocycles. The number of nitrogens with two attached hydrogens (primary N) is 1. The minimum absolute atomic E-state index is 0.122. The molecule has 2 aromatic rings. The van der Waals surface area contributed by atoms with Gasteiger partial charge in [-0.25, -0.2) is 0 Å². The molecule has 0 aromatic heterocycles. The maximum atomic E-state index is 11.2. The highest BCUT2D eigenvalue weighted by atomic mass is 16.7. The van der Waals surface area contributed by atoms with E-state index >= 15 is 0 Å². The first-order valence-corrected chi connectivity index (χ1v) is 7.88. The van der Waals surface area contributed by atoms with E-state index in [4.69, 9.17) is 10.6 Å². The molecule has 130 valence electrons. The van der Waals surface area contributed by atoms with Crippen LogP contribution in [0.15, 0.2) is 30.3 Å². The minimum Gasteiger partial charge on any atom is -0.508 e. The number of benzene rings is 2. The van der Waals surface area contributed by atoms with Crippen LogP contribution >= 0.6 is 0 Å². The van der Waals surface area contributed by atoms with Crippen molar-refractivity contribution in [1.29, 1.82) is 0 Å². The van der Waals surface area contributed by atoms with Crippen molar-refractivity contribution in [2.24, 2.45) is 5.90 Å².